The Kier molecular flexibility index (Phi) is 2.48. The van der Waals surface area contributed by atoms with Gasteiger partial charge in [-0.3, -0.25) is 9.59 Å². The zero-order valence-corrected chi connectivity index (χ0v) is 8.69. The molecule has 0 saturated heterocycles. The zero-order chi connectivity index (χ0) is 11.7. The number of fused-ring (bicyclic) bond motifs is 1. The molecule has 1 heterocycles. The molecule has 1 N–H and O–H groups in total. The number of carboxylic acid groups (broad SMARTS) is 1. The lowest BCUT2D eigenvalue weighted by Crippen LogP contribution is -2.15. The second-order valence-corrected chi connectivity index (χ2v) is 3.53. The van der Waals surface area contributed by atoms with E-state index in [9.17, 15) is 9.59 Å². The van der Waals surface area contributed by atoms with Gasteiger partial charge in [0, 0.05) is 5.56 Å². The van der Waals surface area contributed by atoms with E-state index in [2.05, 4.69) is 0 Å². The molecule has 2 aromatic rings. The Bertz CT molecular complexity index is 610. The largest absolute Gasteiger partial charge is 0.481 e. The molecule has 1 aromatic carbocycles. The highest BCUT2D eigenvalue weighted by Crippen LogP contribution is 2.14. The molecule has 4 heteroatoms. The number of hydrogen-bond donors (Lipinski definition) is 1. The van der Waals surface area contributed by atoms with Crippen LogP contribution in [0.2, 0.25) is 0 Å². The summed E-state index contributed by atoms with van der Waals surface area (Å²) in [4.78, 5) is 22.6. The molecular formula is C12H10O4. The van der Waals surface area contributed by atoms with Crippen LogP contribution in [0.1, 0.15) is 11.3 Å². The molecule has 16 heavy (non-hydrogen) atoms. The highest BCUT2D eigenvalue weighted by Gasteiger charge is 2.13. The highest BCUT2D eigenvalue weighted by atomic mass is 16.4. The minimum absolute atomic E-state index is 0.214. The molecule has 0 unspecified atom stereocenters. The van der Waals surface area contributed by atoms with Crippen LogP contribution in [0.5, 0.6) is 0 Å². The normalized spacial score (nSPS) is 10.6. The molecule has 0 amide bonds. The van der Waals surface area contributed by atoms with E-state index in [1.54, 1.807) is 31.2 Å². The third-order valence-electron chi connectivity index (χ3n) is 2.42. The van der Waals surface area contributed by atoms with Crippen LogP contribution >= 0.6 is 0 Å². The Balaban J connectivity index is 2.76. The lowest BCUT2D eigenvalue weighted by Gasteiger charge is -2.03. The first-order valence-electron chi connectivity index (χ1n) is 4.82. The Labute approximate surface area is 91.1 Å². The van der Waals surface area contributed by atoms with Crippen molar-refractivity contribution in [3.05, 3.63) is 45.8 Å². The SMILES string of the molecule is Cc1oc2ccccc2c(=O)c1CC(=O)O. The van der Waals surface area contributed by atoms with Crippen LogP contribution in [0.15, 0.2) is 33.5 Å². The van der Waals surface area contributed by atoms with Gasteiger partial charge in [-0.25, -0.2) is 0 Å². The molecule has 2 rings (SSSR count). The van der Waals surface area contributed by atoms with Crippen molar-refractivity contribution in [2.45, 2.75) is 13.3 Å². The fraction of sp³-hybridized carbons (Fsp3) is 0.167. The summed E-state index contributed by atoms with van der Waals surface area (Å²) in [6.07, 6.45) is -0.307. The number of carboxylic acids is 1. The molecule has 0 spiro atoms. The number of para-hydroxylation sites is 1. The van der Waals surface area contributed by atoms with Crippen LogP contribution in [0.3, 0.4) is 0 Å². The molecular weight excluding hydrogens is 208 g/mol. The fourth-order valence-corrected chi connectivity index (χ4v) is 1.65. The Morgan fingerprint density at radius 2 is 2.06 bits per heavy atom. The zero-order valence-electron chi connectivity index (χ0n) is 8.69. The number of aryl methyl sites for hydroxylation is 1. The van der Waals surface area contributed by atoms with Crippen LogP contribution in [0.4, 0.5) is 0 Å². The second kappa shape index (κ2) is 3.81. The maximum absolute atomic E-state index is 12.0. The monoisotopic (exact) mass is 218 g/mol. The first-order chi connectivity index (χ1) is 7.59. The van der Waals surface area contributed by atoms with E-state index >= 15 is 0 Å². The predicted molar refractivity (Wildman–Crippen MR) is 58.6 cm³/mol. The molecule has 1 aromatic heterocycles. The van der Waals surface area contributed by atoms with Crippen LogP contribution in [-0.2, 0) is 11.2 Å². The number of hydrogen-bond acceptors (Lipinski definition) is 3. The van der Waals surface area contributed by atoms with Gasteiger partial charge in [-0.2, -0.15) is 0 Å². The minimum atomic E-state index is -1.04. The van der Waals surface area contributed by atoms with Gasteiger partial charge >= 0.3 is 5.97 Å². The standard InChI is InChI=1S/C12H10O4/c1-7-9(6-11(13)14)12(15)8-4-2-3-5-10(8)16-7/h2-5H,6H2,1H3,(H,13,14). The maximum atomic E-state index is 12.0. The summed E-state index contributed by atoms with van der Waals surface area (Å²) in [5.74, 6) is -0.670. The molecule has 4 nitrogen and oxygen atoms in total. The third kappa shape index (κ3) is 1.69. The summed E-state index contributed by atoms with van der Waals surface area (Å²) in [6.45, 7) is 1.60. The Morgan fingerprint density at radius 1 is 1.38 bits per heavy atom. The maximum Gasteiger partial charge on any atom is 0.308 e. The van der Waals surface area contributed by atoms with E-state index < -0.39 is 5.97 Å². The van der Waals surface area contributed by atoms with Gasteiger partial charge in [0.05, 0.1) is 11.8 Å². The van der Waals surface area contributed by atoms with Crippen LogP contribution < -0.4 is 5.43 Å². The average molecular weight is 218 g/mol. The van der Waals surface area contributed by atoms with Gasteiger partial charge in [0.15, 0.2) is 5.43 Å². The number of carbonyl (C=O) groups is 1. The Hall–Kier alpha value is -2.10. The van der Waals surface area contributed by atoms with Crippen molar-refractivity contribution in [3.8, 4) is 0 Å². The van der Waals surface area contributed by atoms with Crippen LogP contribution in [0, 0.1) is 6.92 Å². The van der Waals surface area contributed by atoms with Crippen molar-refractivity contribution >= 4 is 16.9 Å². The van der Waals surface area contributed by atoms with Gasteiger partial charge in [-0.1, -0.05) is 12.1 Å². The molecule has 0 aliphatic heterocycles. The van der Waals surface area contributed by atoms with Crippen LogP contribution in [0.25, 0.3) is 11.0 Å². The first-order valence-corrected chi connectivity index (χ1v) is 4.82. The summed E-state index contributed by atoms with van der Waals surface area (Å²) in [5, 5.41) is 9.13. The van der Waals surface area contributed by atoms with Crippen molar-refractivity contribution in [2.75, 3.05) is 0 Å². The molecule has 0 bridgehead atoms. The summed E-state index contributed by atoms with van der Waals surface area (Å²) >= 11 is 0. The quantitative estimate of drug-likeness (QED) is 0.833. The summed E-state index contributed by atoms with van der Waals surface area (Å²) < 4.78 is 5.41. The average Bonchev–Trinajstić information content (AvgIpc) is 2.24. The van der Waals surface area contributed by atoms with E-state index in [-0.39, 0.29) is 17.4 Å². The van der Waals surface area contributed by atoms with Gasteiger partial charge in [-0.15, -0.1) is 0 Å². The van der Waals surface area contributed by atoms with Crippen LogP contribution in [-0.4, -0.2) is 11.1 Å². The molecule has 0 radical (unpaired) electrons. The minimum Gasteiger partial charge on any atom is -0.481 e. The Morgan fingerprint density at radius 3 is 2.75 bits per heavy atom. The van der Waals surface area contributed by atoms with Crippen molar-refractivity contribution in [3.63, 3.8) is 0 Å². The van der Waals surface area contributed by atoms with Crippen molar-refractivity contribution in [1.29, 1.82) is 0 Å². The van der Waals surface area contributed by atoms with E-state index in [4.69, 9.17) is 9.52 Å². The second-order valence-electron chi connectivity index (χ2n) is 3.53. The number of rotatable bonds is 2. The number of aliphatic carboxylic acids is 1. The first kappa shape index (κ1) is 10.4. The lowest BCUT2D eigenvalue weighted by molar-refractivity contribution is -0.136. The summed E-state index contributed by atoms with van der Waals surface area (Å²) in [7, 11) is 0. The summed E-state index contributed by atoms with van der Waals surface area (Å²) in [5.41, 5.74) is 0.437. The van der Waals surface area contributed by atoms with Crippen molar-refractivity contribution in [1.82, 2.24) is 0 Å². The predicted octanol–water partition coefficient (Wildman–Crippen LogP) is 1.73. The van der Waals surface area contributed by atoms with E-state index in [1.807, 2.05) is 0 Å². The van der Waals surface area contributed by atoms with Crippen molar-refractivity contribution in [2.24, 2.45) is 0 Å². The smallest absolute Gasteiger partial charge is 0.308 e. The molecule has 0 atom stereocenters. The van der Waals surface area contributed by atoms with Gasteiger partial charge < -0.3 is 9.52 Å². The third-order valence-corrected chi connectivity index (χ3v) is 2.42. The van der Waals surface area contributed by atoms with E-state index in [0.717, 1.165) is 0 Å². The highest BCUT2D eigenvalue weighted by molar-refractivity contribution is 5.79. The van der Waals surface area contributed by atoms with Gasteiger partial charge in [0.25, 0.3) is 0 Å². The van der Waals surface area contributed by atoms with Crippen molar-refractivity contribution < 1.29 is 14.3 Å². The molecule has 82 valence electrons. The molecule has 0 saturated carbocycles. The topological polar surface area (TPSA) is 67.5 Å². The molecule has 0 fully saturated rings. The van der Waals surface area contributed by atoms with E-state index in [1.165, 1.54) is 0 Å². The summed E-state index contributed by atoms with van der Waals surface area (Å²) in [6, 6.07) is 6.81. The van der Waals surface area contributed by atoms with E-state index in [0.29, 0.717) is 16.7 Å². The van der Waals surface area contributed by atoms with Gasteiger partial charge in [0.2, 0.25) is 0 Å². The number of benzene rings is 1. The molecule has 0 aliphatic carbocycles. The lowest BCUT2D eigenvalue weighted by atomic mass is 10.1. The van der Waals surface area contributed by atoms with Gasteiger partial charge in [-0.05, 0) is 19.1 Å². The fourth-order valence-electron chi connectivity index (χ4n) is 1.65. The molecule has 0 aliphatic rings. The van der Waals surface area contributed by atoms with Gasteiger partial charge in [0.1, 0.15) is 11.3 Å².